The van der Waals surface area contributed by atoms with Gasteiger partial charge in [-0.15, -0.1) is 11.3 Å². The lowest BCUT2D eigenvalue weighted by molar-refractivity contribution is -0.149. The molecule has 1 aromatic heterocycles. The van der Waals surface area contributed by atoms with Crippen molar-refractivity contribution in [1.29, 1.82) is 0 Å². The standard InChI is InChI=1S/C14H21NO3S/c1-8-6-11(10(3)19-8)9(2)15-12(16)7-14(4,5)13(17)18/h6,9H,7H2,1-5H3,(H,15,16)(H,17,18). The van der Waals surface area contributed by atoms with Crippen LogP contribution in [0.25, 0.3) is 0 Å². The van der Waals surface area contributed by atoms with Gasteiger partial charge in [0, 0.05) is 16.2 Å². The number of carboxylic acids is 1. The molecule has 2 N–H and O–H groups in total. The Hall–Kier alpha value is -1.36. The second-order valence-corrected chi connectivity index (χ2v) is 6.98. The Bertz CT molecular complexity index is 491. The molecule has 1 heterocycles. The molecule has 4 nitrogen and oxygen atoms in total. The largest absolute Gasteiger partial charge is 0.481 e. The molecule has 0 aliphatic heterocycles. The molecule has 0 aromatic carbocycles. The van der Waals surface area contributed by atoms with Gasteiger partial charge in [-0.05, 0) is 46.2 Å². The summed E-state index contributed by atoms with van der Waals surface area (Å²) in [4.78, 5) is 25.3. The van der Waals surface area contributed by atoms with Crippen molar-refractivity contribution in [3.05, 3.63) is 21.4 Å². The van der Waals surface area contributed by atoms with Crippen LogP contribution in [0.15, 0.2) is 6.07 Å². The van der Waals surface area contributed by atoms with Crippen molar-refractivity contribution in [3.63, 3.8) is 0 Å². The number of hydrogen-bond donors (Lipinski definition) is 2. The minimum Gasteiger partial charge on any atom is -0.481 e. The Morgan fingerprint density at radius 2 is 2.00 bits per heavy atom. The highest BCUT2D eigenvalue weighted by atomic mass is 32.1. The number of carbonyl (C=O) groups excluding carboxylic acids is 1. The molecule has 106 valence electrons. The Labute approximate surface area is 117 Å². The second-order valence-electron chi connectivity index (χ2n) is 5.52. The summed E-state index contributed by atoms with van der Waals surface area (Å²) in [5.41, 5.74) is 0.0626. The van der Waals surface area contributed by atoms with E-state index in [9.17, 15) is 9.59 Å². The lowest BCUT2D eigenvalue weighted by Gasteiger charge is -2.20. The second kappa shape index (κ2) is 5.74. The number of carboxylic acid groups (broad SMARTS) is 1. The van der Waals surface area contributed by atoms with E-state index in [0.29, 0.717) is 0 Å². The lowest BCUT2D eigenvalue weighted by atomic mass is 9.89. The molecular formula is C14H21NO3S. The molecule has 0 spiro atoms. The highest BCUT2D eigenvalue weighted by molar-refractivity contribution is 7.12. The maximum absolute atomic E-state index is 11.9. The quantitative estimate of drug-likeness (QED) is 0.873. The van der Waals surface area contributed by atoms with Gasteiger partial charge in [-0.3, -0.25) is 9.59 Å². The van der Waals surface area contributed by atoms with Crippen LogP contribution in [-0.4, -0.2) is 17.0 Å². The molecule has 0 saturated carbocycles. The Morgan fingerprint density at radius 3 is 2.42 bits per heavy atom. The van der Waals surface area contributed by atoms with Crippen LogP contribution in [0.4, 0.5) is 0 Å². The molecule has 0 fully saturated rings. The zero-order valence-electron chi connectivity index (χ0n) is 12.0. The highest BCUT2D eigenvalue weighted by Gasteiger charge is 2.30. The first-order valence-electron chi connectivity index (χ1n) is 6.23. The number of aryl methyl sites for hydroxylation is 2. The van der Waals surface area contributed by atoms with E-state index in [1.807, 2.05) is 20.8 Å². The summed E-state index contributed by atoms with van der Waals surface area (Å²) in [5, 5.41) is 11.9. The first kappa shape index (κ1) is 15.7. The van der Waals surface area contributed by atoms with Crippen LogP contribution in [0, 0.1) is 19.3 Å². The van der Waals surface area contributed by atoms with Crippen molar-refractivity contribution in [3.8, 4) is 0 Å². The van der Waals surface area contributed by atoms with Crippen LogP contribution >= 0.6 is 11.3 Å². The SMILES string of the molecule is Cc1cc(C(C)NC(=O)CC(C)(C)C(=O)O)c(C)s1. The van der Waals surface area contributed by atoms with Gasteiger partial charge in [-0.1, -0.05) is 0 Å². The number of rotatable bonds is 5. The van der Waals surface area contributed by atoms with E-state index >= 15 is 0 Å². The molecule has 1 aromatic rings. The van der Waals surface area contributed by atoms with E-state index in [-0.39, 0.29) is 18.4 Å². The number of aliphatic carboxylic acids is 1. The maximum atomic E-state index is 11.9. The summed E-state index contributed by atoms with van der Waals surface area (Å²) in [7, 11) is 0. The fraction of sp³-hybridized carbons (Fsp3) is 0.571. The molecule has 1 rings (SSSR count). The van der Waals surface area contributed by atoms with E-state index < -0.39 is 11.4 Å². The van der Waals surface area contributed by atoms with Crippen molar-refractivity contribution < 1.29 is 14.7 Å². The predicted molar refractivity (Wildman–Crippen MR) is 76.4 cm³/mol. The van der Waals surface area contributed by atoms with Crippen LogP contribution < -0.4 is 5.32 Å². The molecule has 0 bridgehead atoms. The van der Waals surface area contributed by atoms with Crippen molar-refractivity contribution in [2.75, 3.05) is 0 Å². The zero-order valence-corrected chi connectivity index (χ0v) is 12.9. The van der Waals surface area contributed by atoms with Crippen LogP contribution in [0.2, 0.25) is 0 Å². The average molecular weight is 283 g/mol. The van der Waals surface area contributed by atoms with Crippen LogP contribution in [-0.2, 0) is 9.59 Å². The number of amides is 1. The van der Waals surface area contributed by atoms with E-state index in [4.69, 9.17) is 5.11 Å². The van der Waals surface area contributed by atoms with Crippen molar-refractivity contribution in [2.24, 2.45) is 5.41 Å². The van der Waals surface area contributed by atoms with Crippen LogP contribution in [0.5, 0.6) is 0 Å². The zero-order chi connectivity index (χ0) is 14.8. The smallest absolute Gasteiger partial charge is 0.309 e. The third kappa shape index (κ3) is 4.06. The summed E-state index contributed by atoms with van der Waals surface area (Å²) in [6, 6.07) is 1.97. The van der Waals surface area contributed by atoms with Gasteiger partial charge in [0.15, 0.2) is 0 Å². The predicted octanol–water partition coefficient (Wildman–Crippen LogP) is 3.04. The number of nitrogens with one attached hydrogen (secondary N) is 1. The Kier molecular flexibility index (Phi) is 4.74. The molecule has 0 aliphatic carbocycles. The normalized spacial score (nSPS) is 13.1. The fourth-order valence-electron chi connectivity index (χ4n) is 1.93. The first-order chi connectivity index (χ1) is 8.63. The van der Waals surface area contributed by atoms with Crippen molar-refractivity contribution in [1.82, 2.24) is 5.32 Å². The average Bonchev–Trinajstić information content (AvgIpc) is 2.56. The molecule has 0 saturated heterocycles. The summed E-state index contributed by atoms with van der Waals surface area (Å²) in [6.07, 6.45) is -0.0190. The van der Waals surface area contributed by atoms with Gasteiger partial charge in [0.2, 0.25) is 5.91 Å². The minimum atomic E-state index is -1.04. The third-order valence-corrected chi connectivity index (χ3v) is 4.09. The van der Waals surface area contributed by atoms with Crippen molar-refractivity contribution in [2.45, 2.75) is 47.1 Å². The van der Waals surface area contributed by atoms with Gasteiger partial charge in [-0.25, -0.2) is 0 Å². The first-order valence-corrected chi connectivity index (χ1v) is 7.05. The molecule has 1 amide bonds. The van der Waals surface area contributed by atoms with Crippen molar-refractivity contribution >= 4 is 23.2 Å². The van der Waals surface area contributed by atoms with Gasteiger partial charge in [0.1, 0.15) is 0 Å². The van der Waals surface area contributed by atoms with E-state index in [1.54, 1.807) is 25.2 Å². The van der Waals surface area contributed by atoms with E-state index in [2.05, 4.69) is 11.4 Å². The molecule has 19 heavy (non-hydrogen) atoms. The summed E-state index contributed by atoms with van der Waals surface area (Å²) >= 11 is 1.70. The topological polar surface area (TPSA) is 66.4 Å². The Morgan fingerprint density at radius 1 is 1.42 bits per heavy atom. The summed E-state index contributed by atoms with van der Waals surface area (Å²) < 4.78 is 0. The van der Waals surface area contributed by atoms with Crippen LogP contribution in [0.3, 0.4) is 0 Å². The number of thiophene rings is 1. The summed E-state index contributed by atoms with van der Waals surface area (Å²) in [5.74, 6) is -1.19. The highest BCUT2D eigenvalue weighted by Crippen LogP contribution is 2.27. The molecule has 1 atom stereocenters. The number of hydrogen-bond acceptors (Lipinski definition) is 3. The fourth-order valence-corrected chi connectivity index (χ4v) is 2.95. The monoisotopic (exact) mass is 283 g/mol. The molecule has 0 aliphatic rings. The maximum Gasteiger partial charge on any atom is 0.309 e. The molecule has 1 unspecified atom stereocenters. The minimum absolute atomic E-state index is 0.0190. The molecule has 5 heteroatoms. The van der Waals surface area contributed by atoms with Gasteiger partial charge in [0.05, 0.1) is 11.5 Å². The van der Waals surface area contributed by atoms with Gasteiger partial charge in [-0.2, -0.15) is 0 Å². The third-order valence-electron chi connectivity index (χ3n) is 3.10. The lowest BCUT2D eigenvalue weighted by Crippen LogP contribution is -2.34. The molecule has 0 radical (unpaired) electrons. The van der Waals surface area contributed by atoms with E-state index in [1.165, 1.54) is 9.75 Å². The number of carbonyl (C=O) groups is 2. The molecular weight excluding hydrogens is 262 g/mol. The summed E-state index contributed by atoms with van der Waals surface area (Å²) in [6.45, 7) is 9.08. The van der Waals surface area contributed by atoms with Crippen LogP contribution in [0.1, 0.15) is 48.6 Å². The Balaban J connectivity index is 2.68. The van der Waals surface area contributed by atoms with E-state index in [0.717, 1.165) is 5.56 Å². The van der Waals surface area contributed by atoms with Gasteiger partial charge < -0.3 is 10.4 Å². The van der Waals surface area contributed by atoms with Gasteiger partial charge in [0.25, 0.3) is 0 Å². The van der Waals surface area contributed by atoms with Gasteiger partial charge >= 0.3 is 5.97 Å².